The topological polar surface area (TPSA) is 58.9 Å². The van der Waals surface area contributed by atoms with Gasteiger partial charge in [-0.3, -0.25) is 4.68 Å². The normalized spacial score (nSPS) is 14.7. The fourth-order valence-corrected chi connectivity index (χ4v) is 2.93. The average Bonchev–Trinajstić information content (AvgIpc) is 3.19. The van der Waals surface area contributed by atoms with E-state index in [1.54, 1.807) is 17.2 Å². The van der Waals surface area contributed by atoms with E-state index in [2.05, 4.69) is 49.5 Å². The monoisotopic (exact) mass is 294 g/mol. The van der Waals surface area contributed by atoms with Gasteiger partial charge in [-0.05, 0) is 37.1 Å². The highest BCUT2D eigenvalue weighted by Crippen LogP contribution is 2.25. The lowest BCUT2D eigenvalue weighted by molar-refractivity contribution is 0.785. The van der Waals surface area contributed by atoms with Gasteiger partial charge in [-0.25, -0.2) is 9.97 Å². The fourth-order valence-electron chi connectivity index (χ4n) is 2.93. The number of aromatic nitrogens is 4. The third-order valence-corrected chi connectivity index (χ3v) is 4.13. The Morgan fingerprint density at radius 1 is 1.05 bits per heavy atom. The van der Waals surface area contributed by atoms with E-state index < -0.39 is 0 Å². The lowest BCUT2D eigenvalue weighted by atomic mass is 10.2. The summed E-state index contributed by atoms with van der Waals surface area (Å²) in [6, 6.07) is 8.51. The molecule has 1 saturated heterocycles. The number of aryl methyl sites for hydroxylation is 1. The molecule has 112 valence electrons. The van der Waals surface area contributed by atoms with Crippen molar-refractivity contribution in [1.82, 2.24) is 19.7 Å². The minimum Gasteiger partial charge on any atom is -0.372 e. The molecule has 6 heteroatoms. The molecule has 1 fully saturated rings. The van der Waals surface area contributed by atoms with Gasteiger partial charge in [-0.2, -0.15) is 5.10 Å². The summed E-state index contributed by atoms with van der Waals surface area (Å²) in [4.78, 5) is 11.0. The Hall–Kier alpha value is -2.63. The molecule has 0 unspecified atom stereocenters. The summed E-state index contributed by atoms with van der Waals surface area (Å²) >= 11 is 0. The number of benzene rings is 1. The smallest absolute Gasteiger partial charge is 0.163 e. The van der Waals surface area contributed by atoms with Crippen molar-refractivity contribution in [2.24, 2.45) is 7.05 Å². The van der Waals surface area contributed by atoms with Crippen LogP contribution in [0.15, 0.2) is 36.8 Å². The second-order valence-corrected chi connectivity index (χ2v) is 5.59. The Morgan fingerprint density at radius 2 is 1.82 bits per heavy atom. The van der Waals surface area contributed by atoms with Gasteiger partial charge >= 0.3 is 0 Å². The van der Waals surface area contributed by atoms with Gasteiger partial charge in [0.2, 0.25) is 0 Å². The first-order valence-electron chi connectivity index (χ1n) is 7.56. The summed E-state index contributed by atoms with van der Waals surface area (Å²) in [5, 5.41) is 8.51. The van der Waals surface area contributed by atoms with Crippen molar-refractivity contribution in [2.75, 3.05) is 23.3 Å². The Balaban J connectivity index is 1.59. The second-order valence-electron chi connectivity index (χ2n) is 5.59. The van der Waals surface area contributed by atoms with E-state index in [0.717, 1.165) is 35.6 Å². The van der Waals surface area contributed by atoms with E-state index in [9.17, 15) is 0 Å². The maximum atomic E-state index is 4.33. The van der Waals surface area contributed by atoms with Gasteiger partial charge in [0.15, 0.2) is 5.65 Å². The highest BCUT2D eigenvalue weighted by atomic mass is 15.3. The number of hydrogen-bond acceptors (Lipinski definition) is 5. The highest BCUT2D eigenvalue weighted by molar-refractivity contribution is 5.88. The molecule has 0 bridgehead atoms. The molecule has 0 saturated carbocycles. The van der Waals surface area contributed by atoms with Crippen molar-refractivity contribution >= 4 is 28.2 Å². The number of nitrogens with one attached hydrogen (secondary N) is 1. The molecule has 4 rings (SSSR count). The van der Waals surface area contributed by atoms with Crippen molar-refractivity contribution < 1.29 is 0 Å². The molecule has 0 atom stereocenters. The van der Waals surface area contributed by atoms with Crippen LogP contribution in [0.4, 0.5) is 17.2 Å². The first kappa shape index (κ1) is 13.1. The summed E-state index contributed by atoms with van der Waals surface area (Å²) in [6.45, 7) is 2.32. The maximum absolute atomic E-state index is 4.33. The van der Waals surface area contributed by atoms with Crippen molar-refractivity contribution in [1.29, 1.82) is 0 Å². The van der Waals surface area contributed by atoms with Crippen LogP contribution in [-0.2, 0) is 7.05 Å². The zero-order valence-corrected chi connectivity index (χ0v) is 12.5. The van der Waals surface area contributed by atoms with Gasteiger partial charge in [0, 0.05) is 31.5 Å². The Bertz CT molecular complexity index is 786. The minimum absolute atomic E-state index is 0.784. The van der Waals surface area contributed by atoms with Crippen LogP contribution in [0.5, 0.6) is 0 Å². The van der Waals surface area contributed by atoms with Crippen LogP contribution in [-0.4, -0.2) is 32.8 Å². The van der Waals surface area contributed by atoms with E-state index in [-0.39, 0.29) is 0 Å². The molecule has 0 radical (unpaired) electrons. The summed E-state index contributed by atoms with van der Waals surface area (Å²) < 4.78 is 1.75. The van der Waals surface area contributed by atoms with E-state index in [1.165, 1.54) is 18.5 Å². The largest absolute Gasteiger partial charge is 0.372 e. The molecule has 1 aromatic carbocycles. The minimum atomic E-state index is 0.784. The summed E-state index contributed by atoms with van der Waals surface area (Å²) in [5.74, 6) is 0.784. The van der Waals surface area contributed by atoms with Gasteiger partial charge in [0.05, 0.1) is 11.6 Å². The molecule has 6 nitrogen and oxygen atoms in total. The molecular weight excluding hydrogens is 276 g/mol. The van der Waals surface area contributed by atoms with Crippen molar-refractivity contribution in [3.63, 3.8) is 0 Å². The lowest BCUT2D eigenvalue weighted by Gasteiger charge is -2.17. The highest BCUT2D eigenvalue weighted by Gasteiger charge is 2.12. The molecule has 1 aliphatic heterocycles. The molecule has 0 amide bonds. The Morgan fingerprint density at radius 3 is 2.59 bits per heavy atom. The molecular formula is C16H18N6. The predicted molar refractivity (Wildman–Crippen MR) is 87.5 cm³/mol. The van der Waals surface area contributed by atoms with Gasteiger partial charge in [0.25, 0.3) is 0 Å². The zero-order chi connectivity index (χ0) is 14.9. The number of rotatable bonds is 3. The standard InChI is InChI=1S/C16H18N6/c1-21-16-14(10-19-21)15(17-11-18-16)20-12-4-6-13(7-5-12)22-8-2-3-9-22/h4-7,10-11H,2-3,8-9H2,1H3,(H,17,18,20). The van der Waals surface area contributed by atoms with Crippen molar-refractivity contribution in [3.8, 4) is 0 Å². The number of anilines is 3. The third kappa shape index (κ3) is 2.26. The van der Waals surface area contributed by atoms with Crippen LogP contribution >= 0.6 is 0 Å². The van der Waals surface area contributed by atoms with Crippen molar-refractivity contribution in [3.05, 3.63) is 36.8 Å². The average molecular weight is 294 g/mol. The molecule has 2 aromatic heterocycles. The van der Waals surface area contributed by atoms with Gasteiger partial charge in [-0.15, -0.1) is 0 Å². The molecule has 3 aromatic rings. The molecule has 1 aliphatic rings. The van der Waals surface area contributed by atoms with Gasteiger partial charge in [-0.1, -0.05) is 0 Å². The quantitative estimate of drug-likeness (QED) is 0.805. The first-order valence-corrected chi connectivity index (χ1v) is 7.56. The van der Waals surface area contributed by atoms with E-state index in [1.807, 2.05) is 7.05 Å². The van der Waals surface area contributed by atoms with Crippen LogP contribution < -0.4 is 10.2 Å². The van der Waals surface area contributed by atoms with E-state index in [4.69, 9.17) is 0 Å². The second kappa shape index (κ2) is 5.29. The van der Waals surface area contributed by atoms with Crippen LogP contribution in [0.3, 0.4) is 0 Å². The van der Waals surface area contributed by atoms with Gasteiger partial charge < -0.3 is 10.2 Å². The van der Waals surface area contributed by atoms with Crippen LogP contribution in [0, 0.1) is 0 Å². The Labute approximate surface area is 128 Å². The summed E-state index contributed by atoms with van der Waals surface area (Å²) in [6.07, 6.45) is 5.93. The molecule has 0 spiro atoms. The lowest BCUT2D eigenvalue weighted by Crippen LogP contribution is -2.17. The van der Waals surface area contributed by atoms with Crippen molar-refractivity contribution in [2.45, 2.75) is 12.8 Å². The fraction of sp³-hybridized carbons (Fsp3) is 0.312. The predicted octanol–water partition coefficient (Wildman–Crippen LogP) is 2.71. The number of nitrogens with zero attached hydrogens (tertiary/aromatic N) is 5. The third-order valence-electron chi connectivity index (χ3n) is 4.13. The Kier molecular flexibility index (Phi) is 3.14. The van der Waals surface area contributed by atoms with Crippen LogP contribution in [0.1, 0.15) is 12.8 Å². The molecule has 3 heterocycles. The SMILES string of the molecule is Cn1ncc2c(Nc3ccc(N4CCCC4)cc3)ncnc21. The number of fused-ring (bicyclic) bond motifs is 1. The van der Waals surface area contributed by atoms with Crippen LogP contribution in [0.25, 0.3) is 11.0 Å². The van der Waals surface area contributed by atoms with Crippen LogP contribution in [0.2, 0.25) is 0 Å². The molecule has 1 N–H and O–H groups in total. The van der Waals surface area contributed by atoms with Gasteiger partial charge in [0.1, 0.15) is 12.1 Å². The molecule has 22 heavy (non-hydrogen) atoms. The number of hydrogen-bond donors (Lipinski definition) is 1. The van der Waals surface area contributed by atoms with E-state index >= 15 is 0 Å². The first-order chi connectivity index (χ1) is 10.8. The maximum Gasteiger partial charge on any atom is 0.163 e. The van der Waals surface area contributed by atoms with E-state index in [0.29, 0.717) is 0 Å². The summed E-state index contributed by atoms with van der Waals surface area (Å²) in [7, 11) is 1.88. The molecule has 0 aliphatic carbocycles. The summed E-state index contributed by atoms with van der Waals surface area (Å²) in [5.41, 5.74) is 3.13. The zero-order valence-electron chi connectivity index (χ0n) is 12.5.